The van der Waals surface area contributed by atoms with E-state index in [-0.39, 0.29) is 0 Å². The van der Waals surface area contributed by atoms with Gasteiger partial charge in [-0.3, -0.25) is 4.98 Å². The van der Waals surface area contributed by atoms with E-state index in [2.05, 4.69) is 81.6 Å². The molecule has 0 bridgehead atoms. The summed E-state index contributed by atoms with van der Waals surface area (Å²) in [7, 11) is 0. The van der Waals surface area contributed by atoms with E-state index in [1.807, 2.05) is 24.3 Å². The Morgan fingerprint density at radius 2 is 1.56 bits per heavy atom. The van der Waals surface area contributed by atoms with E-state index >= 15 is 0 Å². The maximum absolute atomic E-state index is 9.32. The summed E-state index contributed by atoms with van der Waals surface area (Å²) in [6.45, 7) is 0. The Hall–Kier alpha value is -4.28. The second kappa shape index (κ2) is 9.48. The van der Waals surface area contributed by atoms with Gasteiger partial charge in [0.25, 0.3) is 0 Å². The van der Waals surface area contributed by atoms with Crippen LogP contribution in [0.25, 0.3) is 66.0 Å². The third kappa shape index (κ3) is 4.12. The second-order valence-corrected chi connectivity index (χ2v) is 15.9. The molecule has 4 aromatic carbocycles. The van der Waals surface area contributed by atoms with E-state index in [0.717, 1.165) is 49.8 Å². The van der Waals surface area contributed by atoms with Gasteiger partial charge in [0.1, 0.15) is 6.07 Å². The van der Waals surface area contributed by atoms with Crippen LogP contribution in [-0.4, -0.2) is 19.8 Å². The van der Waals surface area contributed by atoms with Crippen molar-refractivity contribution in [3.63, 3.8) is 0 Å². The van der Waals surface area contributed by atoms with Gasteiger partial charge in [0.05, 0.1) is 5.56 Å². The van der Waals surface area contributed by atoms with Crippen LogP contribution in [0.4, 0.5) is 0 Å². The third-order valence-corrected chi connectivity index (χ3v) is 9.54. The van der Waals surface area contributed by atoms with Crippen LogP contribution in [0.15, 0.2) is 102 Å². The number of hydrogen-bond donors (Lipinski definition) is 0. The summed E-state index contributed by atoms with van der Waals surface area (Å²) >= 11 is -0.908. The normalized spacial score (nSPS) is 11.9. The molecule has 3 heterocycles. The Morgan fingerprint density at radius 3 is 2.41 bits per heavy atom. The van der Waals surface area contributed by atoms with E-state index < -0.39 is 19.8 Å². The molecule has 0 N–H and O–H groups in total. The van der Waals surface area contributed by atoms with Gasteiger partial charge in [0, 0.05) is 18.0 Å². The molecule has 0 unspecified atom stereocenters. The zero-order valence-corrected chi connectivity index (χ0v) is 23.7. The van der Waals surface area contributed by atoms with Gasteiger partial charge in [0.15, 0.2) is 0 Å². The number of halogens is 1. The molecule has 39 heavy (non-hydrogen) atoms. The van der Waals surface area contributed by atoms with Crippen molar-refractivity contribution in [2.24, 2.45) is 0 Å². The molecular formula is C34H24IN3O. The molecule has 7 aromatic rings. The van der Waals surface area contributed by atoms with E-state index in [1.54, 1.807) is 12.4 Å². The quantitative estimate of drug-likeness (QED) is 0.146. The van der Waals surface area contributed by atoms with Crippen LogP contribution >= 0.6 is 19.8 Å². The Morgan fingerprint density at radius 1 is 0.769 bits per heavy atom. The zero-order valence-electron chi connectivity index (χ0n) is 21.6. The van der Waals surface area contributed by atoms with Gasteiger partial charge in [-0.15, -0.1) is 0 Å². The standard InChI is InChI=1S/C34H24IN3O/c1-35(2)17-21-10-11-23-12-13-31-34(27(23)15-21)33-26-7-4-3-6-25(26)28(16-32(33)39-31)30-9-5-8-29(38-30)24-14-22(18-36)19-37-20-24/h3-16,19-20H,17H2,1-2H3. The number of fused-ring (bicyclic) bond motifs is 7. The summed E-state index contributed by atoms with van der Waals surface area (Å²) in [6.07, 6.45) is 3.31. The monoisotopic (exact) mass is 617 g/mol. The van der Waals surface area contributed by atoms with Crippen LogP contribution in [0.3, 0.4) is 0 Å². The Balaban J connectivity index is 1.49. The first-order valence-corrected chi connectivity index (χ1v) is 18.5. The topological polar surface area (TPSA) is 62.7 Å². The first kappa shape index (κ1) is 23.8. The summed E-state index contributed by atoms with van der Waals surface area (Å²) in [5, 5.41) is 16.4. The number of hydrogen-bond acceptors (Lipinski definition) is 4. The molecule has 0 saturated carbocycles. The maximum atomic E-state index is 9.32. The summed E-state index contributed by atoms with van der Waals surface area (Å²) in [5.41, 5.74) is 7.15. The summed E-state index contributed by atoms with van der Waals surface area (Å²) in [4.78, 5) is 14.0. The Bertz CT molecular complexity index is 2100. The minimum atomic E-state index is -0.908. The molecule has 7 rings (SSSR count). The number of nitriles is 1. The zero-order chi connectivity index (χ0) is 26.5. The first-order chi connectivity index (χ1) is 19.1. The molecule has 4 nitrogen and oxygen atoms in total. The molecule has 0 radical (unpaired) electrons. The van der Waals surface area contributed by atoms with Crippen molar-refractivity contribution in [2.75, 3.05) is 9.86 Å². The Kier molecular flexibility index (Phi) is 5.79. The predicted molar refractivity (Wildman–Crippen MR) is 169 cm³/mol. The van der Waals surface area contributed by atoms with E-state index in [4.69, 9.17) is 9.40 Å². The number of pyridine rings is 2. The van der Waals surface area contributed by atoms with Crippen molar-refractivity contribution in [2.45, 2.75) is 4.43 Å². The average molecular weight is 617 g/mol. The van der Waals surface area contributed by atoms with Crippen molar-refractivity contribution in [3.05, 3.63) is 108 Å². The van der Waals surface area contributed by atoms with Gasteiger partial charge in [-0.25, -0.2) is 0 Å². The fourth-order valence-electron chi connectivity index (χ4n) is 5.49. The molecule has 0 aliphatic carbocycles. The van der Waals surface area contributed by atoms with Crippen molar-refractivity contribution >= 4 is 63.3 Å². The van der Waals surface area contributed by atoms with Crippen LogP contribution in [0.2, 0.25) is 0 Å². The molecule has 0 atom stereocenters. The van der Waals surface area contributed by atoms with Crippen molar-refractivity contribution in [1.82, 2.24) is 9.97 Å². The van der Waals surface area contributed by atoms with Crippen LogP contribution in [0, 0.1) is 11.3 Å². The van der Waals surface area contributed by atoms with Gasteiger partial charge in [0.2, 0.25) is 0 Å². The number of rotatable bonds is 4. The van der Waals surface area contributed by atoms with Gasteiger partial charge < -0.3 is 0 Å². The van der Waals surface area contributed by atoms with Crippen molar-refractivity contribution in [3.8, 4) is 28.6 Å². The number of alkyl halides is 3. The number of benzene rings is 4. The predicted octanol–water partition coefficient (Wildman–Crippen LogP) is 9.15. The second-order valence-electron chi connectivity index (χ2n) is 9.97. The fraction of sp³-hybridized carbons (Fsp3) is 0.0882. The summed E-state index contributed by atoms with van der Waals surface area (Å²) < 4.78 is 7.73. The molecular weight excluding hydrogens is 593 g/mol. The van der Waals surface area contributed by atoms with E-state index in [1.165, 1.54) is 26.1 Å². The molecule has 0 amide bonds. The molecule has 0 aliphatic rings. The third-order valence-electron chi connectivity index (χ3n) is 7.14. The van der Waals surface area contributed by atoms with Crippen molar-refractivity contribution < 1.29 is 4.42 Å². The fourth-order valence-corrected chi connectivity index (χ4v) is 7.72. The molecule has 3 aromatic heterocycles. The molecule has 188 valence electrons. The Labute approximate surface area is 233 Å². The average Bonchev–Trinajstić information content (AvgIpc) is 3.36. The minimum absolute atomic E-state index is 0.514. The SMILES string of the molecule is CI(C)Cc1ccc2ccc3oc4cc(-c5cccc(-c6cncc(C#N)c6)n5)c5ccccc5c4c3c2c1. The number of aromatic nitrogens is 2. The van der Waals surface area contributed by atoms with Gasteiger partial charge in [-0.1, -0.05) is 0 Å². The molecule has 0 fully saturated rings. The van der Waals surface area contributed by atoms with Crippen LogP contribution in [0.5, 0.6) is 0 Å². The molecule has 0 spiro atoms. The molecule has 0 saturated heterocycles. The van der Waals surface area contributed by atoms with Crippen molar-refractivity contribution in [1.29, 1.82) is 5.26 Å². The van der Waals surface area contributed by atoms with E-state index in [9.17, 15) is 5.26 Å². The molecule has 5 heteroatoms. The molecule has 0 aliphatic heterocycles. The number of nitrogens with zero attached hydrogens (tertiary/aromatic N) is 3. The number of furan rings is 1. The summed E-state index contributed by atoms with van der Waals surface area (Å²) in [5.74, 6) is 0. The van der Waals surface area contributed by atoms with Crippen LogP contribution < -0.4 is 0 Å². The summed E-state index contributed by atoms with van der Waals surface area (Å²) in [6, 6.07) is 31.8. The first-order valence-electron chi connectivity index (χ1n) is 12.7. The van der Waals surface area contributed by atoms with Crippen LogP contribution in [0.1, 0.15) is 11.1 Å². The van der Waals surface area contributed by atoms with Crippen LogP contribution in [-0.2, 0) is 4.43 Å². The van der Waals surface area contributed by atoms with Gasteiger partial charge in [-0.2, -0.15) is 5.26 Å². The van der Waals surface area contributed by atoms with E-state index in [0.29, 0.717) is 5.56 Å². The van der Waals surface area contributed by atoms with Gasteiger partial charge >= 0.3 is 182 Å². The van der Waals surface area contributed by atoms with Gasteiger partial charge in [-0.05, 0) is 12.1 Å².